The molecule has 0 saturated carbocycles. The number of aromatic nitrogens is 2. The predicted octanol–water partition coefficient (Wildman–Crippen LogP) is 1.35. The van der Waals surface area contributed by atoms with Crippen molar-refractivity contribution >= 4 is 21.5 Å². The number of rotatable bonds is 2. The lowest BCUT2D eigenvalue weighted by Gasteiger charge is -2.24. The minimum atomic E-state index is -2.94. The second-order valence-corrected chi connectivity index (χ2v) is 8.58. The molecule has 1 aromatic rings. The topological polar surface area (TPSA) is 98.0 Å². The Labute approximate surface area is 120 Å². The Hall–Kier alpha value is -1.37. The lowest BCUT2D eigenvalue weighted by Crippen LogP contribution is -2.35. The molecule has 112 valence electrons. The van der Waals surface area contributed by atoms with Crippen molar-refractivity contribution in [2.24, 2.45) is 0 Å². The van der Waals surface area contributed by atoms with Crippen LogP contribution in [0.4, 0.5) is 11.6 Å². The quantitative estimate of drug-likeness (QED) is 0.855. The molecule has 1 fully saturated rings. The van der Waals surface area contributed by atoms with Crippen molar-refractivity contribution in [2.45, 2.75) is 45.1 Å². The van der Waals surface area contributed by atoms with Crippen molar-refractivity contribution < 1.29 is 8.42 Å². The summed E-state index contributed by atoms with van der Waals surface area (Å²) in [4.78, 5) is 8.68. The monoisotopic (exact) mass is 298 g/mol. The minimum absolute atomic E-state index is 0.101. The van der Waals surface area contributed by atoms with Crippen LogP contribution in [0.15, 0.2) is 6.07 Å². The van der Waals surface area contributed by atoms with Gasteiger partial charge in [-0.25, -0.2) is 18.4 Å². The third kappa shape index (κ3) is 3.82. The first-order valence-electron chi connectivity index (χ1n) is 6.78. The van der Waals surface area contributed by atoms with E-state index < -0.39 is 9.84 Å². The largest absolute Gasteiger partial charge is 0.384 e. The van der Waals surface area contributed by atoms with E-state index in [-0.39, 0.29) is 23.0 Å². The predicted molar refractivity (Wildman–Crippen MR) is 80.4 cm³/mol. The Morgan fingerprint density at radius 2 is 2.05 bits per heavy atom. The molecule has 2 rings (SSSR count). The van der Waals surface area contributed by atoms with E-state index in [0.29, 0.717) is 23.9 Å². The van der Waals surface area contributed by atoms with Crippen molar-refractivity contribution in [3.63, 3.8) is 0 Å². The second-order valence-electron chi connectivity index (χ2n) is 6.35. The number of nitrogens with one attached hydrogen (secondary N) is 1. The summed E-state index contributed by atoms with van der Waals surface area (Å²) >= 11 is 0. The van der Waals surface area contributed by atoms with Crippen LogP contribution in [0.1, 0.15) is 39.4 Å². The SMILES string of the molecule is CC(C)(C)c1nc(N)cc(NC2CCCS(=O)(=O)C2)n1. The number of nitrogens with two attached hydrogens (primary N) is 1. The van der Waals surface area contributed by atoms with Crippen LogP contribution >= 0.6 is 0 Å². The molecule has 1 saturated heterocycles. The summed E-state index contributed by atoms with van der Waals surface area (Å²) in [5.74, 6) is 2.08. The first-order valence-corrected chi connectivity index (χ1v) is 8.60. The Morgan fingerprint density at radius 3 is 2.65 bits per heavy atom. The lowest BCUT2D eigenvalue weighted by molar-refractivity contribution is 0.544. The molecule has 3 N–H and O–H groups in total. The maximum atomic E-state index is 11.6. The highest BCUT2D eigenvalue weighted by Crippen LogP contribution is 2.23. The van der Waals surface area contributed by atoms with Crippen LogP contribution in [-0.4, -0.2) is 35.9 Å². The zero-order valence-electron chi connectivity index (χ0n) is 12.2. The number of nitrogen functional groups attached to an aromatic ring is 1. The van der Waals surface area contributed by atoms with Crippen molar-refractivity contribution in [3.05, 3.63) is 11.9 Å². The molecule has 20 heavy (non-hydrogen) atoms. The molecule has 1 aliphatic rings. The molecule has 6 nitrogen and oxygen atoms in total. The average molecular weight is 298 g/mol. The molecule has 0 spiro atoms. The van der Waals surface area contributed by atoms with Crippen LogP contribution in [0.2, 0.25) is 0 Å². The summed E-state index contributed by atoms with van der Waals surface area (Å²) < 4.78 is 23.3. The molecule has 1 atom stereocenters. The summed E-state index contributed by atoms with van der Waals surface area (Å²) in [7, 11) is -2.94. The third-order valence-electron chi connectivity index (χ3n) is 3.23. The van der Waals surface area contributed by atoms with Gasteiger partial charge < -0.3 is 11.1 Å². The third-order valence-corrected chi connectivity index (χ3v) is 5.05. The van der Waals surface area contributed by atoms with Crippen molar-refractivity contribution in [1.82, 2.24) is 9.97 Å². The fraction of sp³-hybridized carbons (Fsp3) is 0.692. The van der Waals surface area contributed by atoms with Crippen molar-refractivity contribution in [1.29, 1.82) is 0 Å². The first kappa shape index (κ1) is 15.0. The van der Waals surface area contributed by atoms with Gasteiger partial charge in [-0.1, -0.05) is 20.8 Å². The summed E-state index contributed by atoms with van der Waals surface area (Å²) in [6.45, 7) is 6.03. The van der Waals surface area contributed by atoms with Gasteiger partial charge in [0.1, 0.15) is 17.5 Å². The lowest BCUT2D eigenvalue weighted by atomic mass is 9.96. The van der Waals surface area contributed by atoms with Gasteiger partial charge in [0.05, 0.1) is 11.5 Å². The van der Waals surface area contributed by atoms with Crippen molar-refractivity contribution in [3.8, 4) is 0 Å². The molecule has 2 heterocycles. The van der Waals surface area contributed by atoms with E-state index in [1.54, 1.807) is 6.07 Å². The van der Waals surface area contributed by atoms with Gasteiger partial charge in [0.2, 0.25) is 0 Å². The van der Waals surface area contributed by atoms with E-state index in [1.807, 2.05) is 20.8 Å². The van der Waals surface area contributed by atoms with Gasteiger partial charge in [0.25, 0.3) is 0 Å². The molecule has 0 aliphatic carbocycles. The molecule has 0 bridgehead atoms. The second kappa shape index (κ2) is 5.20. The fourth-order valence-electron chi connectivity index (χ4n) is 2.22. The van der Waals surface area contributed by atoms with Gasteiger partial charge in [-0.05, 0) is 12.8 Å². The molecule has 1 unspecified atom stereocenters. The van der Waals surface area contributed by atoms with E-state index in [1.165, 1.54) is 0 Å². The zero-order valence-corrected chi connectivity index (χ0v) is 13.0. The number of hydrogen-bond donors (Lipinski definition) is 2. The Morgan fingerprint density at radius 1 is 1.35 bits per heavy atom. The first-order chi connectivity index (χ1) is 9.16. The highest BCUT2D eigenvalue weighted by molar-refractivity contribution is 7.91. The Balaban J connectivity index is 2.19. The Kier molecular flexibility index (Phi) is 3.90. The number of sulfone groups is 1. The summed E-state index contributed by atoms with van der Waals surface area (Å²) in [5, 5.41) is 3.18. The Bertz CT molecular complexity index is 593. The molecular formula is C13H22N4O2S. The van der Waals surface area contributed by atoms with Gasteiger partial charge in [-0.3, -0.25) is 0 Å². The van der Waals surface area contributed by atoms with E-state index in [2.05, 4.69) is 15.3 Å². The normalized spacial score (nSPS) is 22.4. The fourth-order valence-corrected chi connectivity index (χ4v) is 3.86. The minimum Gasteiger partial charge on any atom is -0.384 e. The maximum Gasteiger partial charge on any atom is 0.152 e. The summed E-state index contributed by atoms with van der Waals surface area (Å²) in [5.41, 5.74) is 5.60. The van der Waals surface area contributed by atoms with E-state index in [0.717, 1.165) is 6.42 Å². The average Bonchev–Trinajstić information content (AvgIpc) is 2.25. The zero-order chi connectivity index (χ0) is 15.0. The molecule has 0 aromatic carbocycles. The van der Waals surface area contributed by atoms with Crippen LogP contribution in [0.5, 0.6) is 0 Å². The van der Waals surface area contributed by atoms with E-state index in [9.17, 15) is 8.42 Å². The van der Waals surface area contributed by atoms with Crippen LogP contribution in [-0.2, 0) is 15.3 Å². The van der Waals surface area contributed by atoms with Gasteiger partial charge in [-0.15, -0.1) is 0 Å². The highest BCUT2D eigenvalue weighted by atomic mass is 32.2. The maximum absolute atomic E-state index is 11.6. The summed E-state index contributed by atoms with van der Waals surface area (Å²) in [6.07, 6.45) is 1.51. The van der Waals surface area contributed by atoms with Gasteiger partial charge in [0, 0.05) is 17.5 Å². The molecular weight excluding hydrogens is 276 g/mol. The van der Waals surface area contributed by atoms with Gasteiger partial charge >= 0.3 is 0 Å². The summed E-state index contributed by atoms with van der Waals surface area (Å²) in [6, 6.07) is 1.55. The molecule has 0 radical (unpaired) electrons. The van der Waals surface area contributed by atoms with E-state index >= 15 is 0 Å². The smallest absolute Gasteiger partial charge is 0.152 e. The number of hydrogen-bond acceptors (Lipinski definition) is 6. The van der Waals surface area contributed by atoms with Gasteiger partial charge in [0.15, 0.2) is 9.84 Å². The van der Waals surface area contributed by atoms with E-state index in [4.69, 9.17) is 5.73 Å². The van der Waals surface area contributed by atoms with Gasteiger partial charge in [-0.2, -0.15) is 0 Å². The van der Waals surface area contributed by atoms with Crippen LogP contribution < -0.4 is 11.1 Å². The van der Waals surface area contributed by atoms with Crippen molar-refractivity contribution in [2.75, 3.05) is 22.6 Å². The molecule has 7 heteroatoms. The molecule has 1 aromatic heterocycles. The number of anilines is 2. The molecule has 1 aliphatic heterocycles. The number of nitrogens with zero attached hydrogens (tertiary/aromatic N) is 2. The van der Waals surface area contributed by atoms with Crippen LogP contribution in [0.25, 0.3) is 0 Å². The molecule has 0 amide bonds. The van der Waals surface area contributed by atoms with Crippen LogP contribution in [0.3, 0.4) is 0 Å². The van der Waals surface area contributed by atoms with Crippen LogP contribution in [0, 0.1) is 0 Å². The standard InChI is InChI=1S/C13H22N4O2S/c1-13(2,3)12-16-10(14)7-11(17-12)15-9-5-4-6-20(18,19)8-9/h7,9H,4-6,8H2,1-3H3,(H3,14,15,16,17). The highest BCUT2D eigenvalue weighted by Gasteiger charge is 2.25.